The minimum absolute atomic E-state index is 0.514. The van der Waals surface area contributed by atoms with Crippen LogP contribution in [0.15, 0.2) is 23.6 Å². The SMILES string of the molecule is C=CCCC(C)NCCc1ncon1. The largest absolute Gasteiger partial charge is 0.343 e. The summed E-state index contributed by atoms with van der Waals surface area (Å²) in [5.74, 6) is 0.758. The van der Waals surface area contributed by atoms with Crippen LogP contribution in [0.1, 0.15) is 25.6 Å². The summed E-state index contributed by atoms with van der Waals surface area (Å²) in [5.41, 5.74) is 0. The van der Waals surface area contributed by atoms with Crippen molar-refractivity contribution < 1.29 is 4.52 Å². The molecule has 1 aromatic heterocycles. The van der Waals surface area contributed by atoms with E-state index in [1.807, 2.05) is 6.08 Å². The molecular weight excluding hydrogens is 178 g/mol. The highest BCUT2D eigenvalue weighted by molar-refractivity contribution is 4.79. The first kappa shape index (κ1) is 10.9. The molecule has 1 N–H and O–H groups in total. The Balaban J connectivity index is 2.06. The van der Waals surface area contributed by atoms with Crippen molar-refractivity contribution in [2.45, 2.75) is 32.2 Å². The second-order valence-corrected chi connectivity index (χ2v) is 3.32. The molecule has 4 heteroatoms. The van der Waals surface area contributed by atoms with E-state index >= 15 is 0 Å². The molecule has 0 fully saturated rings. The van der Waals surface area contributed by atoms with Crippen molar-refractivity contribution in [1.82, 2.24) is 15.5 Å². The van der Waals surface area contributed by atoms with Crippen LogP contribution in [0.2, 0.25) is 0 Å². The van der Waals surface area contributed by atoms with Crippen molar-refractivity contribution in [3.8, 4) is 0 Å². The summed E-state index contributed by atoms with van der Waals surface area (Å²) in [7, 11) is 0. The Labute approximate surface area is 84.4 Å². The number of nitrogens with zero attached hydrogens (tertiary/aromatic N) is 2. The molecule has 0 radical (unpaired) electrons. The average Bonchev–Trinajstić information content (AvgIpc) is 2.67. The highest BCUT2D eigenvalue weighted by Crippen LogP contribution is 1.96. The Hall–Kier alpha value is -1.16. The second-order valence-electron chi connectivity index (χ2n) is 3.32. The summed E-state index contributed by atoms with van der Waals surface area (Å²) >= 11 is 0. The average molecular weight is 195 g/mol. The molecular formula is C10H17N3O. The first-order valence-corrected chi connectivity index (χ1v) is 4.92. The Kier molecular flexibility index (Phi) is 4.93. The molecule has 0 saturated heterocycles. The molecule has 0 amide bonds. The molecule has 14 heavy (non-hydrogen) atoms. The monoisotopic (exact) mass is 195 g/mol. The van der Waals surface area contributed by atoms with Gasteiger partial charge < -0.3 is 9.84 Å². The molecule has 1 atom stereocenters. The maximum atomic E-state index is 4.63. The molecule has 1 rings (SSSR count). The minimum Gasteiger partial charge on any atom is -0.343 e. The molecule has 0 aliphatic rings. The predicted molar refractivity (Wildman–Crippen MR) is 54.9 cm³/mol. The van der Waals surface area contributed by atoms with Gasteiger partial charge >= 0.3 is 0 Å². The second kappa shape index (κ2) is 6.32. The summed E-state index contributed by atoms with van der Waals surface area (Å²) in [5, 5.41) is 7.12. The van der Waals surface area contributed by atoms with Gasteiger partial charge in [0.05, 0.1) is 0 Å². The first-order chi connectivity index (χ1) is 6.83. The minimum atomic E-state index is 0.514. The van der Waals surface area contributed by atoms with Crippen LogP contribution in [0, 0.1) is 0 Å². The summed E-state index contributed by atoms with van der Waals surface area (Å²) in [6.45, 7) is 6.75. The van der Waals surface area contributed by atoms with Crippen molar-refractivity contribution in [3.63, 3.8) is 0 Å². The van der Waals surface area contributed by atoms with Crippen molar-refractivity contribution in [2.24, 2.45) is 0 Å². The van der Waals surface area contributed by atoms with E-state index in [1.165, 1.54) is 6.39 Å². The fraction of sp³-hybridized carbons (Fsp3) is 0.600. The lowest BCUT2D eigenvalue weighted by molar-refractivity contribution is 0.408. The van der Waals surface area contributed by atoms with Crippen LogP contribution in [-0.4, -0.2) is 22.7 Å². The zero-order valence-electron chi connectivity index (χ0n) is 8.57. The summed E-state index contributed by atoms with van der Waals surface area (Å²) in [6.07, 6.45) is 6.29. The maximum absolute atomic E-state index is 4.63. The lowest BCUT2D eigenvalue weighted by Gasteiger charge is -2.11. The number of hydrogen-bond acceptors (Lipinski definition) is 4. The predicted octanol–water partition coefficient (Wildman–Crippen LogP) is 1.56. The lowest BCUT2D eigenvalue weighted by atomic mass is 10.2. The number of aromatic nitrogens is 2. The van der Waals surface area contributed by atoms with E-state index in [1.54, 1.807) is 0 Å². The van der Waals surface area contributed by atoms with E-state index in [4.69, 9.17) is 0 Å². The van der Waals surface area contributed by atoms with Crippen LogP contribution in [0.25, 0.3) is 0 Å². The molecule has 0 spiro atoms. The van der Waals surface area contributed by atoms with Crippen LogP contribution in [-0.2, 0) is 6.42 Å². The molecule has 0 saturated carbocycles. The van der Waals surface area contributed by atoms with E-state index in [0.717, 1.165) is 31.6 Å². The number of rotatable bonds is 7. The topological polar surface area (TPSA) is 51.0 Å². The zero-order chi connectivity index (χ0) is 10.2. The van der Waals surface area contributed by atoms with Crippen LogP contribution in [0.4, 0.5) is 0 Å². The maximum Gasteiger partial charge on any atom is 0.213 e. The molecule has 78 valence electrons. The highest BCUT2D eigenvalue weighted by atomic mass is 16.5. The van der Waals surface area contributed by atoms with Gasteiger partial charge in [-0.2, -0.15) is 4.98 Å². The summed E-state index contributed by atoms with van der Waals surface area (Å²) < 4.78 is 4.63. The normalized spacial score (nSPS) is 12.6. The molecule has 0 aliphatic heterocycles. The van der Waals surface area contributed by atoms with Crippen LogP contribution in [0.5, 0.6) is 0 Å². The van der Waals surface area contributed by atoms with Gasteiger partial charge in [0.1, 0.15) is 0 Å². The van der Waals surface area contributed by atoms with Gasteiger partial charge in [0.2, 0.25) is 6.39 Å². The fourth-order valence-electron chi connectivity index (χ4n) is 1.20. The van der Waals surface area contributed by atoms with Crippen LogP contribution >= 0.6 is 0 Å². The smallest absolute Gasteiger partial charge is 0.213 e. The van der Waals surface area contributed by atoms with E-state index in [2.05, 4.69) is 33.5 Å². The van der Waals surface area contributed by atoms with Gasteiger partial charge in [-0.05, 0) is 19.8 Å². The third-order valence-corrected chi connectivity index (χ3v) is 2.05. The summed E-state index contributed by atoms with van der Waals surface area (Å²) in [6, 6.07) is 0.514. The van der Waals surface area contributed by atoms with Crippen molar-refractivity contribution in [3.05, 3.63) is 24.9 Å². The number of allylic oxidation sites excluding steroid dienone is 1. The Morgan fingerprint density at radius 3 is 3.21 bits per heavy atom. The van der Waals surface area contributed by atoms with Crippen molar-refractivity contribution in [2.75, 3.05) is 6.54 Å². The van der Waals surface area contributed by atoms with Crippen molar-refractivity contribution in [1.29, 1.82) is 0 Å². The van der Waals surface area contributed by atoms with Gasteiger partial charge in [-0.15, -0.1) is 6.58 Å². The first-order valence-electron chi connectivity index (χ1n) is 4.92. The third kappa shape index (κ3) is 4.18. The molecule has 4 nitrogen and oxygen atoms in total. The fourth-order valence-corrected chi connectivity index (χ4v) is 1.20. The molecule has 0 aromatic carbocycles. The number of hydrogen-bond donors (Lipinski definition) is 1. The molecule has 0 aliphatic carbocycles. The van der Waals surface area contributed by atoms with E-state index < -0.39 is 0 Å². The van der Waals surface area contributed by atoms with Crippen LogP contribution < -0.4 is 5.32 Å². The van der Waals surface area contributed by atoms with Crippen LogP contribution in [0.3, 0.4) is 0 Å². The quantitative estimate of drug-likeness (QED) is 0.671. The Morgan fingerprint density at radius 1 is 1.71 bits per heavy atom. The van der Waals surface area contributed by atoms with Gasteiger partial charge in [-0.1, -0.05) is 11.2 Å². The molecule has 0 bridgehead atoms. The van der Waals surface area contributed by atoms with E-state index in [-0.39, 0.29) is 0 Å². The molecule has 1 aromatic rings. The lowest BCUT2D eigenvalue weighted by Crippen LogP contribution is -2.28. The van der Waals surface area contributed by atoms with Gasteiger partial charge in [0, 0.05) is 19.0 Å². The van der Waals surface area contributed by atoms with E-state index in [9.17, 15) is 0 Å². The number of nitrogens with one attached hydrogen (secondary N) is 1. The molecule has 1 unspecified atom stereocenters. The zero-order valence-corrected chi connectivity index (χ0v) is 8.57. The Bertz CT molecular complexity index is 246. The third-order valence-electron chi connectivity index (χ3n) is 2.05. The van der Waals surface area contributed by atoms with Gasteiger partial charge in [-0.3, -0.25) is 0 Å². The van der Waals surface area contributed by atoms with Gasteiger partial charge in [0.25, 0.3) is 0 Å². The van der Waals surface area contributed by atoms with Gasteiger partial charge in [0.15, 0.2) is 5.82 Å². The highest BCUT2D eigenvalue weighted by Gasteiger charge is 2.01. The summed E-state index contributed by atoms with van der Waals surface area (Å²) in [4.78, 5) is 3.94. The van der Waals surface area contributed by atoms with E-state index in [0.29, 0.717) is 6.04 Å². The van der Waals surface area contributed by atoms with Gasteiger partial charge in [-0.25, -0.2) is 0 Å². The molecule has 1 heterocycles. The standard InChI is InChI=1S/C10H17N3O/c1-3-4-5-9(2)11-7-6-10-12-8-14-13-10/h3,8-9,11H,1,4-7H2,2H3. The Morgan fingerprint density at radius 2 is 2.57 bits per heavy atom. The van der Waals surface area contributed by atoms with Crippen molar-refractivity contribution >= 4 is 0 Å².